The first-order valence-electron chi connectivity index (χ1n) is 5.11. The Hall–Kier alpha value is -1.06. The highest BCUT2D eigenvalue weighted by Crippen LogP contribution is 2.44. The number of carbonyl (C=O) groups excluding carboxylic acids is 1. The molecule has 0 aromatic carbocycles. The number of amides is 1. The average Bonchev–Trinajstić information content (AvgIpc) is 2.35. The molecule has 2 heterocycles. The number of hydrogen-bond acceptors (Lipinski definition) is 2. The molecule has 0 radical (unpaired) electrons. The highest BCUT2D eigenvalue weighted by molar-refractivity contribution is 5.87. The Balaban J connectivity index is 2.37. The lowest BCUT2D eigenvalue weighted by Crippen LogP contribution is -2.57. The van der Waals surface area contributed by atoms with Gasteiger partial charge in [0.2, 0.25) is 5.91 Å². The van der Waals surface area contributed by atoms with Crippen LogP contribution in [-0.4, -0.2) is 33.5 Å². The number of hydrogen-bond donors (Lipinski definition) is 1. The van der Waals surface area contributed by atoms with Crippen LogP contribution in [0.3, 0.4) is 0 Å². The summed E-state index contributed by atoms with van der Waals surface area (Å²) in [7, 11) is 0. The van der Waals surface area contributed by atoms with Gasteiger partial charge in [0.25, 0.3) is 0 Å². The van der Waals surface area contributed by atoms with Gasteiger partial charge in [-0.2, -0.15) is 0 Å². The molecule has 1 N–H and O–H groups in total. The molecule has 4 heteroatoms. The van der Waals surface area contributed by atoms with E-state index in [0.29, 0.717) is 12.8 Å². The molecule has 0 saturated carbocycles. The molecule has 2 rings (SSSR count). The van der Waals surface area contributed by atoms with Gasteiger partial charge in [-0.1, -0.05) is 0 Å². The molecule has 0 spiro atoms. The zero-order valence-electron chi connectivity index (χ0n) is 8.32. The molecule has 0 aromatic heterocycles. The van der Waals surface area contributed by atoms with Gasteiger partial charge in [0.05, 0.1) is 0 Å². The molecule has 2 unspecified atom stereocenters. The Bertz CT molecular complexity index is 285. The van der Waals surface area contributed by atoms with Crippen molar-refractivity contribution >= 4 is 11.9 Å². The van der Waals surface area contributed by atoms with E-state index < -0.39 is 11.5 Å². The zero-order chi connectivity index (χ0) is 10.3. The molecule has 1 amide bonds. The van der Waals surface area contributed by atoms with E-state index in [0.717, 1.165) is 19.3 Å². The van der Waals surface area contributed by atoms with Crippen molar-refractivity contribution in [2.24, 2.45) is 0 Å². The Morgan fingerprint density at radius 3 is 2.57 bits per heavy atom. The topological polar surface area (TPSA) is 57.6 Å². The van der Waals surface area contributed by atoms with Crippen molar-refractivity contribution < 1.29 is 14.7 Å². The normalized spacial score (nSPS) is 35.8. The summed E-state index contributed by atoms with van der Waals surface area (Å²) >= 11 is 0. The molecule has 2 atom stereocenters. The SMILES string of the molecule is CC(=O)N1C2CCCC1(C(=O)O)CC2. The largest absolute Gasteiger partial charge is 0.479 e. The maximum atomic E-state index is 11.4. The summed E-state index contributed by atoms with van der Waals surface area (Å²) in [5, 5.41) is 9.24. The molecule has 78 valence electrons. The second-order valence-electron chi connectivity index (χ2n) is 4.31. The maximum Gasteiger partial charge on any atom is 0.329 e. The number of piperidine rings is 1. The van der Waals surface area contributed by atoms with Gasteiger partial charge in [-0.05, 0) is 32.1 Å². The van der Waals surface area contributed by atoms with Crippen LogP contribution in [0.25, 0.3) is 0 Å². The van der Waals surface area contributed by atoms with Crippen LogP contribution in [0.2, 0.25) is 0 Å². The zero-order valence-corrected chi connectivity index (χ0v) is 8.32. The lowest BCUT2D eigenvalue weighted by atomic mass is 9.88. The molecule has 14 heavy (non-hydrogen) atoms. The van der Waals surface area contributed by atoms with Crippen LogP contribution in [-0.2, 0) is 9.59 Å². The lowest BCUT2D eigenvalue weighted by molar-refractivity contribution is -0.160. The summed E-state index contributed by atoms with van der Waals surface area (Å²) in [5.74, 6) is -0.912. The second kappa shape index (κ2) is 2.97. The monoisotopic (exact) mass is 197 g/mol. The molecule has 2 bridgehead atoms. The lowest BCUT2D eigenvalue weighted by Gasteiger charge is -2.41. The molecule has 2 aliphatic heterocycles. The Labute approximate surface area is 82.9 Å². The number of carboxylic acid groups (broad SMARTS) is 1. The van der Waals surface area contributed by atoms with E-state index in [1.165, 1.54) is 6.92 Å². The van der Waals surface area contributed by atoms with E-state index in [1.54, 1.807) is 4.90 Å². The van der Waals surface area contributed by atoms with E-state index >= 15 is 0 Å². The molecule has 2 saturated heterocycles. The highest BCUT2D eigenvalue weighted by Gasteiger charge is 2.54. The number of carboxylic acids is 1. The number of nitrogens with zero attached hydrogens (tertiary/aromatic N) is 1. The van der Waals surface area contributed by atoms with E-state index in [-0.39, 0.29) is 11.9 Å². The third kappa shape index (κ3) is 1.06. The van der Waals surface area contributed by atoms with Crippen LogP contribution >= 0.6 is 0 Å². The van der Waals surface area contributed by atoms with E-state index in [2.05, 4.69) is 0 Å². The second-order valence-corrected chi connectivity index (χ2v) is 4.31. The molecule has 4 nitrogen and oxygen atoms in total. The predicted molar refractivity (Wildman–Crippen MR) is 49.8 cm³/mol. The summed E-state index contributed by atoms with van der Waals surface area (Å²) in [6, 6.07) is 0.178. The summed E-state index contributed by atoms with van der Waals surface area (Å²) < 4.78 is 0. The first kappa shape index (κ1) is 9.49. The van der Waals surface area contributed by atoms with Gasteiger partial charge in [-0.15, -0.1) is 0 Å². The third-order valence-electron chi connectivity index (χ3n) is 3.58. The molecule has 0 aliphatic carbocycles. The smallest absolute Gasteiger partial charge is 0.329 e. The van der Waals surface area contributed by atoms with Crippen LogP contribution in [0.4, 0.5) is 0 Å². The molecule has 0 aromatic rings. The number of carbonyl (C=O) groups is 2. The van der Waals surface area contributed by atoms with Gasteiger partial charge in [-0.25, -0.2) is 4.79 Å². The van der Waals surface area contributed by atoms with Crippen LogP contribution < -0.4 is 0 Å². The van der Waals surface area contributed by atoms with Crippen LogP contribution in [0.15, 0.2) is 0 Å². The van der Waals surface area contributed by atoms with Gasteiger partial charge < -0.3 is 10.0 Å². The first-order chi connectivity index (χ1) is 6.58. The number of fused-ring (bicyclic) bond motifs is 2. The molecule has 2 aliphatic rings. The minimum atomic E-state index is -0.866. The van der Waals surface area contributed by atoms with E-state index in [9.17, 15) is 14.7 Å². The van der Waals surface area contributed by atoms with Crippen LogP contribution in [0.1, 0.15) is 39.0 Å². The summed E-state index contributed by atoms with van der Waals surface area (Å²) in [6.45, 7) is 1.47. The maximum absolute atomic E-state index is 11.4. The van der Waals surface area contributed by atoms with E-state index in [1.807, 2.05) is 0 Å². The molecular formula is C10H15NO3. The minimum Gasteiger partial charge on any atom is -0.479 e. The highest BCUT2D eigenvalue weighted by atomic mass is 16.4. The first-order valence-corrected chi connectivity index (χ1v) is 5.11. The van der Waals surface area contributed by atoms with Crippen molar-refractivity contribution in [3.8, 4) is 0 Å². The van der Waals surface area contributed by atoms with Crippen molar-refractivity contribution in [2.45, 2.75) is 50.6 Å². The van der Waals surface area contributed by atoms with Gasteiger partial charge in [-0.3, -0.25) is 4.79 Å². The van der Waals surface area contributed by atoms with Gasteiger partial charge in [0.1, 0.15) is 5.54 Å². The quantitative estimate of drug-likeness (QED) is 0.682. The Morgan fingerprint density at radius 2 is 2.07 bits per heavy atom. The van der Waals surface area contributed by atoms with Crippen molar-refractivity contribution in [3.63, 3.8) is 0 Å². The van der Waals surface area contributed by atoms with Gasteiger partial charge in [0, 0.05) is 13.0 Å². The van der Waals surface area contributed by atoms with Crippen LogP contribution in [0.5, 0.6) is 0 Å². The molecular weight excluding hydrogens is 182 g/mol. The van der Waals surface area contributed by atoms with Crippen molar-refractivity contribution in [2.75, 3.05) is 0 Å². The molecule has 2 fully saturated rings. The summed E-state index contributed by atoms with van der Waals surface area (Å²) in [4.78, 5) is 24.3. The fourth-order valence-electron chi connectivity index (χ4n) is 3.03. The van der Waals surface area contributed by atoms with Crippen molar-refractivity contribution in [1.29, 1.82) is 0 Å². The average molecular weight is 197 g/mol. The van der Waals surface area contributed by atoms with Crippen LogP contribution in [0, 0.1) is 0 Å². The third-order valence-corrected chi connectivity index (χ3v) is 3.58. The predicted octanol–water partition coefficient (Wildman–Crippen LogP) is 1.00. The minimum absolute atomic E-state index is 0.0883. The van der Waals surface area contributed by atoms with Gasteiger partial charge >= 0.3 is 5.97 Å². The Kier molecular flexibility index (Phi) is 2.01. The fraction of sp³-hybridized carbons (Fsp3) is 0.800. The van der Waals surface area contributed by atoms with Crippen molar-refractivity contribution in [1.82, 2.24) is 4.90 Å². The standard InChI is InChI=1S/C10H15NO3/c1-7(12)11-8-3-2-5-10(11,6-4-8)9(13)14/h8H,2-6H2,1H3,(H,13,14). The number of rotatable bonds is 1. The van der Waals surface area contributed by atoms with E-state index in [4.69, 9.17) is 0 Å². The summed E-state index contributed by atoms with van der Waals surface area (Å²) in [6.07, 6.45) is 4.01. The van der Waals surface area contributed by atoms with Gasteiger partial charge in [0.15, 0.2) is 0 Å². The summed E-state index contributed by atoms with van der Waals surface area (Å²) in [5.41, 5.74) is -0.866. The Morgan fingerprint density at radius 1 is 1.36 bits per heavy atom. The fourth-order valence-corrected chi connectivity index (χ4v) is 3.03. The number of aliphatic carboxylic acids is 1. The van der Waals surface area contributed by atoms with Crippen molar-refractivity contribution in [3.05, 3.63) is 0 Å².